The second-order valence-corrected chi connectivity index (χ2v) is 5.30. The van der Waals surface area contributed by atoms with Crippen LogP contribution >= 0.6 is 0 Å². The topological polar surface area (TPSA) is 60.8 Å². The van der Waals surface area contributed by atoms with Crippen LogP contribution in [0.1, 0.15) is 17.2 Å². The Balaban J connectivity index is 2.17. The lowest BCUT2D eigenvalue weighted by atomic mass is 10.0. The van der Waals surface area contributed by atoms with E-state index in [1.807, 2.05) is 38.4 Å². The highest BCUT2D eigenvalue weighted by Gasteiger charge is 2.15. The van der Waals surface area contributed by atoms with Crippen LogP contribution in [0.15, 0.2) is 48.5 Å². The number of hydrogen-bond acceptors (Lipinski definition) is 3. The van der Waals surface area contributed by atoms with Gasteiger partial charge in [0.25, 0.3) is 0 Å². The third-order valence-corrected chi connectivity index (χ3v) is 3.25. The van der Waals surface area contributed by atoms with Gasteiger partial charge < -0.3 is 15.1 Å². The van der Waals surface area contributed by atoms with Crippen molar-refractivity contribution >= 4 is 5.97 Å². The van der Waals surface area contributed by atoms with Crippen LogP contribution in [0.5, 0.6) is 0 Å². The van der Waals surface area contributed by atoms with Crippen molar-refractivity contribution in [2.24, 2.45) is 0 Å². The van der Waals surface area contributed by atoms with Gasteiger partial charge in [0.15, 0.2) is 6.10 Å². The van der Waals surface area contributed by atoms with E-state index in [9.17, 15) is 9.90 Å². The Morgan fingerprint density at radius 1 is 1.00 bits per heavy atom. The summed E-state index contributed by atoms with van der Waals surface area (Å²) < 4.78 is 0. The summed E-state index contributed by atoms with van der Waals surface area (Å²) in [7, 11) is 4.06. The number of hydrogen-bond donors (Lipinski definition) is 2. The Hall–Kier alpha value is -2.17. The summed E-state index contributed by atoms with van der Waals surface area (Å²) in [5.74, 6) is -1.24. The van der Waals surface area contributed by atoms with Crippen molar-refractivity contribution < 1.29 is 15.0 Å². The fraction of sp³-hybridized carbons (Fsp3) is 0.235. The second-order valence-electron chi connectivity index (χ2n) is 5.30. The standard InChI is InChI=1S/C17H19NO3/c1-18(2)11-12-3-5-13(6-4-12)14-7-9-15(10-8-14)16(19)17(20)21/h3-10,16,19H,11H2,1-2H3,(H,20,21). The van der Waals surface area contributed by atoms with Crippen LogP contribution in [-0.4, -0.2) is 35.2 Å². The lowest BCUT2D eigenvalue weighted by Crippen LogP contribution is -2.10. The second kappa shape index (κ2) is 6.52. The monoisotopic (exact) mass is 285 g/mol. The highest BCUT2D eigenvalue weighted by atomic mass is 16.4. The Morgan fingerprint density at radius 3 is 1.90 bits per heavy atom. The summed E-state index contributed by atoms with van der Waals surface area (Å²) >= 11 is 0. The zero-order chi connectivity index (χ0) is 15.4. The van der Waals surface area contributed by atoms with Crippen molar-refractivity contribution in [3.8, 4) is 11.1 Å². The van der Waals surface area contributed by atoms with E-state index >= 15 is 0 Å². The molecule has 0 amide bonds. The number of aliphatic hydroxyl groups excluding tert-OH is 1. The normalized spacial score (nSPS) is 12.4. The van der Waals surface area contributed by atoms with Gasteiger partial charge in [-0.05, 0) is 36.3 Å². The molecule has 2 aromatic rings. The minimum Gasteiger partial charge on any atom is -0.479 e. The van der Waals surface area contributed by atoms with Crippen molar-refractivity contribution in [1.29, 1.82) is 0 Å². The Kier molecular flexibility index (Phi) is 4.73. The van der Waals surface area contributed by atoms with E-state index in [0.29, 0.717) is 5.56 Å². The molecule has 0 aliphatic heterocycles. The molecule has 0 fully saturated rings. The fourth-order valence-electron chi connectivity index (χ4n) is 2.17. The van der Waals surface area contributed by atoms with Crippen molar-refractivity contribution in [3.63, 3.8) is 0 Å². The predicted molar refractivity (Wildman–Crippen MR) is 81.9 cm³/mol. The Morgan fingerprint density at radius 2 is 1.48 bits per heavy atom. The minimum absolute atomic E-state index is 0.385. The summed E-state index contributed by atoms with van der Waals surface area (Å²) in [6, 6.07) is 15.2. The molecule has 0 aromatic heterocycles. The average Bonchev–Trinajstić information content (AvgIpc) is 2.47. The maximum absolute atomic E-state index is 10.7. The van der Waals surface area contributed by atoms with E-state index in [1.165, 1.54) is 5.56 Å². The smallest absolute Gasteiger partial charge is 0.337 e. The molecule has 0 bridgehead atoms. The third-order valence-electron chi connectivity index (χ3n) is 3.25. The predicted octanol–water partition coefficient (Wildman–Crippen LogP) is 2.53. The van der Waals surface area contributed by atoms with Gasteiger partial charge in [0, 0.05) is 6.54 Å². The molecule has 2 rings (SSSR count). The summed E-state index contributed by atoms with van der Waals surface area (Å²) in [5.41, 5.74) is 3.68. The van der Waals surface area contributed by atoms with E-state index in [4.69, 9.17) is 5.11 Å². The first-order valence-corrected chi connectivity index (χ1v) is 6.72. The van der Waals surface area contributed by atoms with Crippen LogP contribution in [0.4, 0.5) is 0 Å². The zero-order valence-corrected chi connectivity index (χ0v) is 12.2. The van der Waals surface area contributed by atoms with Gasteiger partial charge in [0.05, 0.1) is 0 Å². The summed E-state index contributed by atoms with van der Waals surface area (Å²) in [4.78, 5) is 12.8. The summed E-state index contributed by atoms with van der Waals surface area (Å²) in [6.45, 7) is 0.893. The molecule has 0 saturated carbocycles. The van der Waals surface area contributed by atoms with Crippen LogP contribution in [0.3, 0.4) is 0 Å². The van der Waals surface area contributed by atoms with Crippen LogP contribution in [-0.2, 0) is 11.3 Å². The highest BCUT2D eigenvalue weighted by molar-refractivity contribution is 5.74. The number of carbonyl (C=O) groups is 1. The number of nitrogens with zero attached hydrogens (tertiary/aromatic N) is 1. The Labute approximate surface area is 124 Å². The molecule has 0 aliphatic rings. The molecule has 110 valence electrons. The van der Waals surface area contributed by atoms with Gasteiger partial charge >= 0.3 is 5.97 Å². The molecule has 4 nitrogen and oxygen atoms in total. The molecule has 0 spiro atoms. The quantitative estimate of drug-likeness (QED) is 0.886. The van der Waals surface area contributed by atoms with E-state index in [0.717, 1.165) is 17.7 Å². The lowest BCUT2D eigenvalue weighted by molar-refractivity contribution is -0.146. The molecular weight excluding hydrogens is 266 g/mol. The van der Waals surface area contributed by atoms with Crippen LogP contribution < -0.4 is 0 Å². The molecule has 0 saturated heterocycles. The van der Waals surface area contributed by atoms with Crippen LogP contribution in [0, 0.1) is 0 Å². The summed E-state index contributed by atoms with van der Waals surface area (Å²) in [5, 5.41) is 18.2. The molecule has 0 heterocycles. The molecule has 21 heavy (non-hydrogen) atoms. The molecule has 2 aromatic carbocycles. The number of carboxylic acids is 1. The van der Waals surface area contributed by atoms with Gasteiger partial charge in [-0.2, -0.15) is 0 Å². The largest absolute Gasteiger partial charge is 0.479 e. The molecule has 2 N–H and O–H groups in total. The van der Waals surface area contributed by atoms with Crippen molar-refractivity contribution in [2.45, 2.75) is 12.6 Å². The van der Waals surface area contributed by atoms with Gasteiger partial charge in [-0.15, -0.1) is 0 Å². The van der Waals surface area contributed by atoms with E-state index in [-0.39, 0.29) is 0 Å². The van der Waals surface area contributed by atoms with Crippen LogP contribution in [0.25, 0.3) is 11.1 Å². The van der Waals surface area contributed by atoms with Gasteiger partial charge in [-0.1, -0.05) is 48.5 Å². The average molecular weight is 285 g/mol. The molecule has 0 radical (unpaired) electrons. The van der Waals surface area contributed by atoms with E-state index < -0.39 is 12.1 Å². The van der Waals surface area contributed by atoms with E-state index in [1.54, 1.807) is 12.1 Å². The first-order valence-electron chi connectivity index (χ1n) is 6.72. The highest BCUT2D eigenvalue weighted by Crippen LogP contribution is 2.23. The number of benzene rings is 2. The first kappa shape index (κ1) is 15.2. The van der Waals surface area contributed by atoms with Gasteiger partial charge in [0.2, 0.25) is 0 Å². The van der Waals surface area contributed by atoms with Crippen LogP contribution in [0.2, 0.25) is 0 Å². The maximum Gasteiger partial charge on any atom is 0.337 e. The molecule has 1 unspecified atom stereocenters. The van der Waals surface area contributed by atoms with Gasteiger partial charge in [-0.3, -0.25) is 0 Å². The summed E-state index contributed by atoms with van der Waals surface area (Å²) in [6.07, 6.45) is -1.47. The molecule has 0 aliphatic carbocycles. The number of aliphatic hydroxyl groups is 1. The molecular formula is C17H19NO3. The first-order chi connectivity index (χ1) is 9.97. The maximum atomic E-state index is 10.7. The zero-order valence-electron chi connectivity index (χ0n) is 12.2. The number of carboxylic acid groups (broad SMARTS) is 1. The van der Waals surface area contributed by atoms with Crippen molar-refractivity contribution in [1.82, 2.24) is 4.90 Å². The number of rotatable bonds is 5. The van der Waals surface area contributed by atoms with Gasteiger partial charge in [-0.25, -0.2) is 4.79 Å². The SMILES string of the molecule is CN(C)Cc1ccc(-c2ccc(C(O)C(=O)O)cc2)cc1. The number of aliphatic carboxylic acids is 1. The minimum atomic E-state index is -1.47. The third kappa shape index (κ3) is 3.90. The van der Waals surface area contributed by atoms with E-state index in [2.05, 4.69) is 17.0 Å². The Bertz CT molecular complexity index is 603. The van der Waals surface area contributed by atoms with Crippen molar-refractivity contribution in [3.05, 3.63) is 59.7 Å². The van der Waals surface area contributed by atoms with Crippen molar-refractivity contribution in [2.75, 3.05) is 14.1 Å². The van der Waals surface area contributed by atoms with Gasteiger partial charge in [0.1, 0.15) is 0 Å². The molecule has 4 heteroatoms. The fourth-order valence-corrected chi connectivity index (χ4v) is 2.17. The molecule has 1 atom stereocenters. The lowest BCUT2D eigenvalue weighted by Gasteiger charge is -2.11.